The van der Waals surface area contributed by atoms with Crippen LogP contribution in [0.2, 0.25) is 0 Å². The van der Waals surface area contributed by atoms with E-state index in [4.69, 9.17) is 4.42 Å². The van der Waals surface area contributed by atoms with E-state index in [2.05, 4.69) is 19.2 Å². The zero-order valence-corrected chi connectivity index (χ0v) is 8.66. The number of hydrogen-bond donors (Lipinski definition) is 2. The smallest absolute Gasteiger partial charge is 0.117 e. The maximum atomic E-state index is 9.54. The Balaban J connectivity index is 1.83. The lowest BCUT2D eigenvalue weighted by molar-refractivity contribution is -0.0734. The lowest BCUT2D eigenvalue weighted by Crippen LogP contribution is -2.59. The number of hydrogen-bond acceptors (Lipinski definition) is 3. The van der Waals surface area contributed by atoms with E-state index in [-0.39, 0.29) is 11.5 Å². The third-order valence-electron chi connectivity index (χ3n) is 3.32. The van der Waals surface area contributed by atoms with Crippen LogP contribution in [0.4, 0.5) is 0 Å². The topological polar surface area (TPSA) is 45.4 Å². The van der Waals surface area contributed by atoms with E-state index in [1.807, 2.05) is 12.1 Å². The Morgan fingerprint density at radius 3 is 2.93 bits per heavy atom. The van der Waals surface area contributed by atoms with E-state index in [1.54, 1.807) is 6.26 Å². The van der Waals surface area contributed by atoms with Crippen LogP contribution in [0.25, 0.3) is 0 Å². The molecule has 1 heterocycles. The van der Waals surface area contributed by atoms with E-state index in [0.29, 0.717) is 6.04 Å². The highest BCUT2D eigenvalue weighted by molar-refractivity contribution is 5.04. The van der Waals surface area contributed by atoms with Crippen LogP contribution in [0, 0.1) is 5.41 Å². The van der Waals surface area contributed by atoms with Gasteiger partial charge in [-0.1, -0.05) is 13.8 Å². The second kappa shape index (κ2) is 3.41. The van der Waals surface area contributed by atoms with E-state index < -0.39 is 0 Å². The molecule has 1 saturated carbocycles. The highest BCUT2D eigenvalue weighted by atomic mass is 16.3. The summed E-state index contributed by atoms with van der Waals surface area (Å²) in [6.45, 7) is 4.91. The van der Waals surface area contributed by atoms with Crippen molar-refractivity contribution < 1.29 is 9.52 Å². The minimum absolute atomic E-state index is 0.00735. The first-order valence-corrected chi connectivity index (χ1v) is 5.04. The molecule has 1 aliphatic carbocycles. The molecule has 2 atom stereocenters. The molecule has 0 aliphatic heterocycles. The summed E-state index contributed by atoms with van der Waals surface area (Å²) in [7, 11) is 0. The van der Waals surface area contributed by atoms with Crippen molar-refractivity contribution in [3.8, 4) is 0 Å². The first kappa shape index (κ1) is 9.74. The summed E-state index contributed by atoms with van der Waals surface area (Å²) in [6, 6.07) is 4.23. The van der Waals surface area contributed by atoms with Crippen molar-refractivity contribution in [2.24, 2.45) is 5.41 Å². The molecule has 78 valence electrons. The van der Waals surface area contributed by atoms with Crippen molar-refractivity contribution in [3.63, 3.8) is 0 Å². The second-order valence-corrected chi connectivity index (χ2v) is 4.59. The van der Waals surface area contributed by atoms with Gasteiger partial charge in [-0.25, -0.2) is 0 Å². The van der Waals surface area contributed by atoms with Gasteiger partial charge in [0, 0.05) is 11.5 Å². The molecule has 1 fully saturated rings. The highest BCUT2D eigenvalue weighted by Crippen LogP contribution is 2.40. The number of nitrogens with one attached hydrogen (secondary N) is 1. The van der Waals surface area contributed by atoms with Gasteiger partial charge in [-0.15, -0.1) is 0 Å². The van der Waals surface area contributed by atoms with Crippen LogP contribution in [-0.4, -0.2) is 17.3 Å². The quantitative estimate of drug-likeness (QED) is 0.768. The Morgan fingerprint density at radius 1 is 1.64 bits per heavy atom. The normalized spacial score (nSPS) is 29.9. The summed E-state index contributed by atoms with van der Waals surface area (Å²) < 4.78 is 5.22. The Hall–Kier alpha value is -0.800. The summed E-state index contributed by atoms with van der Waals surface area (Å²) in [4.78, 5) is 0. The van der Waals surface area contributed by atoms with Gasteiger partial charge in [-0.2, -0.15) is 0 Å². The second-order valence-electron chi connectivity index (χ2n) is 4.59. The lowest BCUT2D eigenvalue weighted by atomic mass is 9.64. The van der Waals surface area contributed by atoms with Crippen molar-refractivity contribution in [1.82, 2.24) is 5.32 Å². The summed E-state index contributed by atoms with van der Waals surface area (Å²) in [6.07, 6.45) is 2.35. The van der Waals surface area contributed by atoms with Gasteiger partial charge < -0.3 is 14.8 Å². The van der Waals surface area contributed by atoms with Crippen LogP contribution in [-0.2, 0) is 6.54 Å². The van der Waals surface area contributed by atoms with Crippen molar-refractivity contribution in [3.05, 3.63) is 24.2 Å². The van der Waals surface area contributed by atoms with Crippen LogP contribution >= 0.6 is 0 Å². The molecule has 2 N–H and O–H groups in total. The SMILES string of the molecule is CC1(C)C(O)CC1NCc1ccco1. The molecule has 14 heavy (non-hydrogen) atoms. The summed E-state index contributed by atoms with van der Waals surface area (Å²) in [5, 5.41) is 12.9. The minimum Gasteiger partial charge on any atom is -0.468 e. The molecular formula is C11H17NO2. The number of rotatable bonds is 3. The highest BCUT2D eigenvalue weighted by Gasteiger charge is 2.46. The van der Waals surface area contributed by atoms with Crippen molar-refractivity contribution in [2.75, 3.05) is 0 Å². The Morgan fingerprint density at radius 2 is 2.43 bits per heavy atom. The zero-order chi connectivity index (χ0) is 10.2. The summed E-state index contributed by atoms with van der Waals surface area (Å²) in [5.41, 5.74) is -0.00735. The average molecular weight is 195 g/mol. The van der Waals surface area contributed by atoms with Gasteiger partial charge in [0.25, 0.3) is 0 Å². The minimum atomic E-state index is -0.170. The fourth-order valence-electron chi connectivity index (χ4n) is 1.89. The first-order valence-electron chi connectivity index (χ1n) is 5.04. The fourth-order valence-corrected chi connectivity index (χ4v) is 1.89. The maximum absolute atomic E-state index is 9.54. The Labute approximate surface area is 84.1 Å². The standard InChI is InChI=1S/C11H17NO2/c1-11(2)9(6-10(11)13)12-7-8-4-3-5-14-8/h3-5,9-10,12-13H,6-7H2,1-2H3. The molecule has 2 rings (SSSR count). The van der Waals surface area contributed by atoms with Crippen LogP contribution in [0.3, 0.4) is 0 Å². The molecule has 1 aromatic heterocycles. The lowest BCUT2D eigenvalue weighted by Gasteiger charge is -2.49. The van der Waals surface area contributed by atoms with Crippen molar-refractivity contribution >= 4 is 0 Å². The van der Waals surface area contributed by atoms with Crippen LogP contribution in [0.5, 0.6) is 0 Å². The third kappa shape index (κ3) is 1.57. The van der Waals surface area contributed by atoms with E-state index in [0.717, 1.165) is 18.7 Å². The van der Waals surface area contributed by atoms with Gasteiger partial charge in [0.1, 0.15) is 5.76 Å². The monoisotopic (exact) mass is 195 g/mol. The molecule has 0 radical (unpaired) electrons. The van der Waals surface area contributed by atoms with Gasteiger partial charge >= 0.3 is 0 Å². The maximum Gasteiger partial charge on any atom is 0.117 e. The third-order valence-corrected chi connectivity index (χ3v) is 3.32. The predicted octanol–water partition coefficient (Wildman–Crippen LogP) is 1.53. The van der Waals surface area contributed by atoms with Gasteiger partial charge in [0.2, 0.25) is 0 Å². The molecule has 1 aromatic rings. The fraction of sp³-hybridized carbons (Fsp3) is 0.636. The molecule has 0 aromatic carbocycles. The van der Waals surface area contributed by atoms with Crippen molar-refractivity contribution in [2.45, 2.75) is 39.0 Å². The van der Waals surface area contributed by atoms with E-state index in [9.17, 15) is 5.11 Å². The van der Waals surface area contributed by atoms with Gasteiger partial charge in [0.05, 0.1) is 18.9 Å². The summed E-state index contributed by atoms with van der Waals surface area (Å²) >= 11 is 0. The van der Waals surface area contributed by atoms with Crippen molar-refractivity contribution in [1.29, 1.82) is 0 Å². The zero-order valence-electron chi connectivity index (χ0n) is 8.66. The van der Waals surface area contributed by atoms with Gasteiger partial charge in [-0.05, 0) is 18.6 Å². The number of aliphatic hydroxyl groups excluding tert-OH is 1. The summed E-state index contributed by atoms with van der Waals surface area (Å²) in [5.74, 6) is 0.946. The molecule has 0 spiro atoms. The van der Waals surface area contributed by atoms with E-state index >= 15 is 0 Å². The van der Waals surface area contributed by atoms with Gasteiger partial charge in [0.15, 0.2) is 0 Å². The molecule has 0 saturated heterocycles. The molecule has 3 heteroatoms. The Bertz CT molecular complexity index is 292. The molecular weight excluding hydrogens is 178 g/mol. The van der Waals surface area contributed by atoms with Gasteiger partial charge in [-0.3, -0.25) is 0 Å². The largest absolute Gasteiger partial charge is 0.468 e. The molecule has 1 aliphatic rings. The number of furan rings is 1. The molecule has 3 nitrogen and oxygen atoms in total. The van der Waals surface area contributed by atoms with E-state index in [1.165, 1.54) is 0 Å². The van der Waals surface area contributed by atoms with Crippen LogP contribution in [0.1, 0.15) is 26.0 Å². The van der Waals surface area contributed by atoms with Crippen LogP contribution in [0.15, 0.2) is 22.8 Å². The average Bonchev–Trinajstić information content (AvgIpc) is 2.64. The number of aliphatic hydroxyl groups is 1. The first-order chi connectivity index (χ1) is 6.60. The molecule has 0 bridgehead atoms. The van der Waals surface area contributed by atoms with Crippen LogP contribution < -0.4 is 5.32 Å². The Kier molecular flexibility index (Phi) is 2.37. The molecule has 2 unspecified atom stereocenters. The predicted molar refractivity (Wildman–Crippen MR) is 53.7 cm³/mol. The molecule has 0 amide bonds.